The van der Waals surface area contributed by atoms with Crippen LogP contribution in [0.4, 0.5) is 5.69 Å². The van der Waals surface area contributed by atoms with Gasteiger partial charge >= 0.3 is 0 Å². The Hall–Kier alpha value is -3.19. The molecule has 0 aromatic heterocycles. The molecule has 2 aromatic carbocycles. The molecule has 186 valence electrons. The minimum atomic E-state index is -3.50. The van der Waals surface area contributed by atoms with E-state index >= 15 is 0 Å². The molecule has 0 aliphatic heterocycles. The number of benzene rings is 2. The maximum absolute atomic E-state index is 12.6. The van der Waals surface area contributed by atoms with Gasteiger partial charge in [-0.3, -0.25) is 14.5 Å². The molecule has 0 saturated heterocycles. The predicted molar refractivity (Wildman–Crippen MR) is 133 cm³/mol. The van der Waals surface area contributed by atoms with Crippen LogP contribution in [0.2, 0.25) is 0 Å². The summed E-state index contributed by atoms with van der Waals surface area (Å²) in [7, 11) is -3.50. The number of amides is 1. The van der Waals surface area contributed by atoms with E-state index in [1.807, 2.05) is 30.3 Å². The Morgan fingerprint density at radius 2 is 1.76 bits per heavy atom. The number of rotatable bonds is 11. The van der Waals surface area contributed by atoms with Crippen LogP contribution in [-0.4, -0.2) is 49.6 Å². The van der Waals surface area contributed by atoms with Crippen molar-refractivity contribution in [1.82, 2.24) is 10.3 Å². The largest absolute Gasteiger partial charge is 0.374 e. The summed E-state index contributed by atoms with van der Waals surface area (Å²) in [6, 6.07) is 15.5. The first-order valence-corrected chi connectivity index (χ1v) is 12.4. The molecule has 0 aliphatic rings. The molecule has 34 heavy (non-hydrogen) atoms. The van der Waals surface area contributed by atoms with Gasteiger partial charge in [0, 0.05) is 0 Å². The normalized spacial score (nSPS) is 13.3. The molecule has 0 fully saturated rings. The maximum atomic E-state index is 12.6. The number of ether oxygens (including phenoxy) is 1. The van der Waals surface area contributed by atoms with Crippen molar-refractivity contribution in [2.75, 3.05) is 17.6 Å². The lowest BCUT2D eigenvalue weighted by Gasteiger charge is -2.30. The SMILES string of the molecule is CC(C)(N)C(=O)N[C@H](COCc1ccccc1)/C(=N/N)N(N)Cc1ccccc1NS(C)(=O)=O. The first kappa shape index (κ1) is 27.1. The number of hydrogen-bond acceptors (Lipinski definition) is 8. The number of anilines is 1. The molecule has 12 heteroatoms. The summed E-state index contributed by atoms with van der Waals surface area (Å²) in [6.45, 7) is 3.49. The molecule has 0 saturated carbocycles. The van der Waals surface area contributed by atoms with Crippen molar-refractivity contribution >= 4 is 27.5 Å². The highest BCUT2D eigenvalue weighted by atomic mass is 32.2. The van der Waals surface area contributed by atoms with Crippen molar-refractivity contribution in [3.8, 4) is 0 Å². The minimum Gasteiger partial charge on any atom is -0.374 e. The summed E-state index contributed by atoms with van der Waals surface area (Å²) < 4.78 is 31.7. The van der Waals surface area contributed by atoms with Gasteiger partial charge in [-0.25, -0.2) is 14.3 Å². The third-order valence-corrected chi connectivity index (χ3v) is 5.27. The van der Waals surface area contributed by atoms with Crippen molar-refractivity contribution in [2.45, 2.75) is 38.6 Å². The van der Waals surface area contributed by atoms with Gasteiger partial charge in [0.2, 0.25) is 15.9 Å². The number of nitrogens with two attached hydrogens (primary N) is 3. The van der Waals surface area contributed by atoms with Gasteiger partial charge in [0.1, 0.15) is 6.04 Å². The zero-order valence-corrected chi connectivity index (χ0v) is 20.4. The van der Waals surface area contributed by atoms with Crippen LogP contribution >= 0.6 is 0 Å². The fourth-order valence-corrected chi connectivity index (χ4v) is 3.58. The van der Waals surface area contributed by atoms with E-state index < -0.39 is 27.5 Å². The Morgan fingerprint density at radius 3 is 2.35 bits per heavy atom. The van der Waals surface area contributed by atoms with Crippen molar-refractivity contribution in [1.29, 1.82) is 0 Å². The number of hydrazine groups is 1. The molecule has 0 unspecified atom stereocenters. The smallest absolute Gasteiger partial charge is 0.240 e. The van der Waals surface area contributed by atoms with Gasteiger partial charge in [0.05, 0.1) is 37.2 Å². The fourth-order valence-electron chi connectivity index (χ4n) is 2.98. The van der Waals surface area contributed by atoms with E-state index in [2.05, 4.69) is 15.1 Å². The summed E-state index contributed by atoms with van der Waals surface area (Å²) in [4.78, 5) is 12.6. The number of para-hydroxylation sites is 1. The van der Waals surface area contributed by atoms with Crippen LogP contribution in [0.25, 0.3) is 0 Å². The standard InChI is InChI=1S/C22H33N7O4S/c1-22(2,23)21(30)26-19(15-33-14-16-9-5-4-6-10-16)20(27-24)29(25)13-17-11-7-8-12-18(17)28-34(3,31)32/h4-12,19,28H,13-15,23-25H2,1-3H3,(H,26,30)/b27-20-/t19-/m1/s1. The zero-order chi connectivity index (χ0) is 25.4. The Labute approximate surface area is 200 Å². The second-order valence-corrected chi connectivity index (χ2v) is 10.1. The lowest BCUT2D eigenvalue weighted by Crippen LogP contribution is -2.59. The lowest BCUT2D eigenvalue weighted by atomic mass is 10.1. The molecule has 2 rings (SSSR count). The van der Waals surface area contributed by atoms with Gasteiger partial charge in [-0.05, 0) is 31.0 Å². The third kappa shape index (κ3) is 8.63. The van der Waals surface area contributed by atoms with Crippen molar-refractivity contribution in [3.05, 3.63) is 65.7 Å². The van der Waals surface area contributed by atoms with Crippen LogP contribution in [0, 0.1) is 0 Å². The van der Waals surface area contributed by atoms with E-state index in [-0.39, 0.29) is 19.0 Å². The van der Waals surface area contributed by atoms with Crippen LogP contribution in [0.15, 0.2) is 59.7 Å². The number of carbonyl (C=O) groups is 1. The molecule has 1 atom stereocenters. The van der Waals surface area contributed by atoms with E-state index in [9.17, 15) is 13.2 Å². The summed E-state index contributed by atoms with van der Waals surface area (Å²) in [5.74, 6) is 11.6. The van der Waals surface area contributed by atoms with Gasteiger partial charge in [-0.2, -0.15) is 5.10 Å². The molecule has 0 radical (unpaired) electrons. The first-order valence-electron chi connectivity index (χ1n) is 10.5. The Morgan fingerprint density at radius 1 is 1.15 bits per heavy atom. The molecular weight excluding hydrogens is 458 g/mol. The molecule has 8 N–H and O–H groups in total. The predicted octanol–water partition coefficient (Wildman–Crippen LogP) is 0.445. The Balaban J connectivity index is 2.22. The minimum absolute atomic E-state index is 0.0175. The van der Waals surface area contributed by atoms with Gasteiger partial charge < -0.3 is 21.6 Å². The number of carbonyl (C=O) groups excluding carboxylic acids is 1. The molecule has 0 spiro atoms. The molecule has 0 aliphatic carbocycles. The van der Waals surface area contributed by atoms with Crippen LogP contribution in [0.1, 0.15) is 25.0 Å². The molecule has 0 bridgehead atoms. The van der Waals surface area contributed by atoms with Crippen LogP contribution in [0.5, 0.6) is 0 Å². The highest BCUT2D eigenvalue weighted by molar-refractivity contribution is 7.92. The molecule has 1 amide bonds. The van der Waals surface area contributed by atoms with Crippen molar-refractivity contribution < 1.29 is 17.9 Å². The first-order chi connectivity index (χ1) is 15.9. The number of sulfonamides is 1. The van der Waals surface area contributed by atoms with Crippen molar-refractivity contribution in [3.63, 3.8) is 0 Å². The van der Waals surface area contributed by atoms with Gasteiger partial charge in [-0.1, -0.05) is 48.5 Å². The molecule has 2 aromatic rings. The topological polar surface area (TPSA) is 178 Å². The number of hydrazone groups is 1. The van der Waals surface area contributed by atoms with Crippen LogP contribution in [0.3, 0.4) is 0 Å². The Kier molecular flexibility index (Phi) is 9.38. The lowest BCUT2D eigenvalue weighted by molar-refractivity contribution is -0.126. The summed E-state index contributed by atoms with van der Waals surface area (Å²) in [6.07, 6.45) is 1.06. The Bertz CT molecular complexity index is 1090. The van der Waals surface area contributed by atoms with E-state index in [0.29, 0.717) is 17.9 Å². The van der Waals surface area contributed by atoms with E-state index in [0.717, 1.165) is 11.8 Å². The van der Waals surface area contributed by atoms with Crippen LogP contribution in [-0.2, 0) is 32.7 Å². The quantitative estimate of drug-likeness (QED) is 0.130. The molecule has 0 heterocycles. The number of nitrogens with one attached hydrogen (secondary N) is 2. The average Bonchev–Trinajstić information content (AvgIpc) is 2.74. The van der Waals surface area contributed by atoms with E-state index in [1.165, 1.54) is 5.01 Å². The number of amidine groups is 1. The van der Waals surface area contributed by atoms with E-state index in [1.54, 1.807) is 38.1 Å². The van der Waals surface area contributed by atoms with Gasteiger partial charge in [0.15, 0.2) is 5.84 Å². The monoisotopic (exact) mass is 491 g/mol. The average molecular weight is 492 g/mol. The highest BCUT2D eigenvalue weighted by Gasteiger charge is 2.29. The highest BCUT2D eigenvalue weighted by Crippen LogP contribution is 2.18. The second kappa shape index (κ2) is 11.8. The summed E-state index contributed by atoms with van der Waals surface area (Å²) >= 11 is 0. The fraction of sp³-hybridized carbons (Fsp3) is 0.364. The van der Waals surface area contributed by atoms with E-state index in [4.69, 9.17) is 22.2 Å². The summed E-state index contributed by atoms with van der Waals surface area (Å²) in [5.41, 5.74) is 6.65. The zero-order valence-electron chi connectivity index (χ0n) is 19.6. The molecule has 11 nitrogen and oxygen atoms in total. The molecular formula is C22H33N7O4S. The second-order valence-electron chi connectivity index (χ2n) is 8.40. The third-order valence-electron chi connectivity index (χ3n) is 4.68. The van der Waals surface area contributed by atoms with Gasteiger partial charge in [0.25, 0.3) is 0 Å². The maximum Gasteiger partial charge on any atom is 0.240 e. The number of hydrogen-bond donors (Lipinski definition) is 5. The van der Waals surface area contributed by atoms with Crippen LogP contribution < -0.4 is 27.5 Å². The van der Waals surface area contributed by atoms with Crippen molar-refractivity contribution in [2.24, 2.45) is 22.5 Å². The van der Waals surface area contributed by atoms with Gasteiger partial charge in [-0.15, -0.1) is 0 Å². The number of nitrogens with zero attached hydrogens (tertiary/aromatic N) is 2. The summed E-state index contributed by atoms with van der Waals surface area (Å²) in [5, 5.41) is 7.80.